The molecule has 0 radical (unpaired) electrons. The SMILES string of the molecule is CC(C)NC(=O)CN(Cc1ccoc1)C(=O)[C@]12CCC(C)(C)C[C@H]1C1=CC[C@@H]3[C@@]4(C)CC[C@H](O)C(C)(C)[C@@H]4CC[C@@]3(C)[C@]1(C)CC2. The number of furan rings is 1. The molecule has 0 aromatic carbocycles. The highest BCUT2D eigenvalue weighted by atomic mass is 16.3. The van der Waals surface area contributed by atoms with Crippen LogP contribution in [0, 0.1) is 50.2 Å². The van der Waals surface area contributed by atoms with Crippen LogP contribution in [-0.4, -0.2) is 40.5 Å². The molecule has 5 aliphatic carbocycles. The van der Waals surface area contributed by atoms with Gasteiger partial charge in [-0.3, -0.25) is 9.59 Å². The van der Waals surface area contributed by atoms with E-state index in [1.807, 2.05) is 24.8 Å². The van der Waals surface area contributed by atoms with Crippen molar-refractivity contribution in [3.63, 3.8) is 0 Å². The summed E-state index contributed by atoms with van der Waals surface area (Å²) in [6, 6.07) is 1.93. The molecule has 6 rings (SSSR count). The highest BCUT2D eigenvalue weighted by Gasteiger charge is 2.69. The Morgan fingerprint density at radius 2 is 1.70 bits per heavy atom. The Balaban J connectivity index is 1.39. The second-order valence-electron chi connectivity index (χ2n) is 18.8. The predicted octanol–water partition coefficient (Wildman–Crippen LogP) is 8.30. The molecule has 1 aromatic heterocycles. The molecule has 46 heavy (non-hydrogen) atoms. The molecule has 2 amide bonds. The average Bonchev–Trinajstić information content (AvgIpc) is 3.47. The van der Waals surface area contributed by atoms with Gasteiger partial charge in [0.05, 0.1) is 30.6 Å². The number of nitrogens with zero attached hydrogens (tertiary/aromatic N) is 1. The van der Waals surface area contributed by atoms with Gasteiger partial charge in [-0.05, 0) is 129 Å². The van der Waals surface area contributed by atoms with E-state index in [2.05, 4.69) is 59.9 Å². The van der Waals surface area contributed by atoms with Crippen molar-refractivity contribution in [1.29, 1.82) is 0 Å². The fourth-order valence-corrected chi connectivity index (χ4v) is 12.3. The number of hydrogen-bond acceptors (Lipinski definition) is 4. The zero-order valence-corrected chi connectivity index (χ0v) is 30.3. The van der Waals surface area contributed by atoms with E-state index in [0.29, 0.717) is 18.4 Å². The van der Waals surface area contributed by atoms with Crippen LogP contribution in [0.3, 0.4) is 0 Å². The minimum absolute atomic E-state index is 0.0196. The van der Waals surface area contributed by atoms with Gasteiger partial charge in [-0.15, -0.1) is 0 Å². The van der Waals surface area contributed by atoms with Gasteiger partial charge in [0.15, 0.2) is 0 Å². The Morgan fingerprint density at radius 1 is 0.978 bits per heavy atom. The number of rotatable bonds is 6. The minimum atomic E-state index is -0.496. The van der Waals surface area contributed by atoms with E-state index in [0.717, 1.165) is 56.9 Å². The first-order chi connectivity index (χ1) is 21.4. The number of allylic oxidation sites excluding steroid dienone is 2. The Labute approximate surface area is 278 Å². The summed E-state index contributed by atoms with van der Waals surface area (Å²) in [6.45, 7) is 21.5. The molecule has 2 N–H and O–H groups in total. The van der Waals surface area contributed by atoms with Gasteiger partial charge in [0.25, 0.3) is 0 Å². The first-order valence-electron chi connectivity index (χ1n) is 18.4. The van der Waals surface area contributed by atoms with Gasteiger partial charge in [0.1, 0.15) is 0 Å². The first-order valence-corrected chi connectivity index (χ1v) is 18.4. The molecule has 0 spiro atoms. The molecular formula is C40H62N2O4. The zero-order chi connectivity index (χ0) is 33.5. The predicted molar refractivity (Wildman–Crippen MR) is 182 cm³/mol. The summed E-state index contributed by atoms with van der Waals surface area (Å²) in [7, 11) is 0. The molecule has 8 atom stereocenters. The van der Waals surface area contributed by atoms with Crippen molar-refractivity contribution in [1.82, 2.24) is 10.2 Å². The molecule has 256 valence electrons. The van der Waals surface area contributed by atoms with Crippen LogP contribution in [0.4, 0.5) is 0 Å². The summed E-state index contributed by atoms with van der Waals surface area (Å²) < 4.78 is 5.39. The van der Waals surface area contributed by atoms with Crippen LogP contribution in [0.25, 0.3) is 0 Å². The molecule has 0 bridgehead atoms. The normalized spacial score (nSPS) is 40.9. The highest BCUT2D eigenvalue weighted by molar-refractivity contribution is 5.89. The van der Waals surface area contributed by atoms with Gasteiger partial charge >= 0.3 is 0 Å². The lowest BCUT2D eigenvalue weighted by atomic mass is 9.33. The van der Waals surface area contributed by atoms with Crippen molar-refractivity contribution >= 4 is 11.8 Å². The van der Waals surface area contributed by atoms with Crippen molar-refractivity contribution in [2.24, 2.45) is 50.2 Å². The van der Waals surface area contributed by atoms with Crippen LogP contribution in [0.15, 0.2) is 34.7 Å². The van der Waals surface area contributed by atoms with E-state index in [4.69, 9.17) is 4.42 Å². The third-order valence-corrected chi connectivity index (χ3v) is 15.1. The summed E-state index contributed by atoms with van der Waals surface area (Å²) in [6.07, 6.45) is 15.9. The van der Waals surface area contributed by atoms with E-state index in [9.17, 15) is 9.90 Å². The van der Waals surface area contributed by atoms with Crippen molar-refractivity contribution in [3.8, 4) is 0 Å². The number of hydrogen-bond donors (Lipinski definition) is 2. The number of carbonyl (C=O) groups excluding carboxylic acids is 2. The molecule has 4 fully saturated rings. The smallest absolute Gasteiger partial charge is 0.239 e. The maximum absolute atomic E-state index is 15.2. The molecule has 0 saturated heterocycles. The van der Waals surface area contributed by atoms with Crippen LogP contribution in [-0.2, 0) is 16.1 Å². The van der Waals surface area contributed by atoms with Gasteiger partial charge < -0.3 is 19.7 Å². The number of carbonyl (C=O) groups is 2. The number of fused-ring (bicyclic) bond motifs is 7. The number of amides is 2. The van der Waals surface area contributed by atoms with E-state index in [1.54, 1.807) is 18.1 Å². The summed E-state index contributed by atoms with van der Waals surface area (Å²) in [4.78, 5) is 30.2. The Hall–Kier alpha value is -2.08. The summed E-state index contributed by atoms with van der Waals surface area (Å²) >= 11 is 0. The van der Waals surface area contributed by atoms with E-state index < -0.39 is 5.41 Å². The third-order valence-electron chi connectivity index (χ3n) is 15.1. The first kappa shape index (κ1) is 33.8. The number of aliphatic hydroxyl groups is 1. The molecule has 0 aliphatic heterocycles. The average molecular weight is 635 g/mol. The molecule has 0 unspecified atom stereocenters. The van der Waals surface area contributed by atoms with Crippen LogP contribution >= 0.6 is 0 Å². The van der Waals surface area contributed by atoms with Gasteiger partial charge in [0.2, 0.25) is 11.8 Å². The lowest BCUT2D eigenvalue weighted by molar-refractivity contribution is -0.204. The Bertz CT molecular complexity index is 1360. The molecule has 6 heteroatoms. The van der Waals surface area contributed by atoms with Crippen molar-refractivity contribution in [2.45, 2.75) is 145 Å². The molecule has 5 aliphatic rings. The molecule has 1 heterocycles. The summed E-state index contributed by atoms with van der Waals surface area (Å²) in [5, 5.41) is 14.1. The summed E-state index contributed by atoms with van der Waals surface area (Å²) in [5.74, 6) is 1.31. The van der Waals surface area contributed by atoms with Crippen molar-refractivity contribution in [3.05, 3.63) is 35.8 Å². The van der Waals surface area contributed by atoms with Crippen LogP contribution in [0.2, 0.25) is 0 Å². The topological polar surface area (TPSA) is 82.8 Å². The van der Waals surface area contributed by atoms with Crippen molar-refractivity contribution in [2.75, 3.05) is 6.54 Å². The summed E-state index contributed by atoms with van der Waals surface area (Å²) in [5.41, 5.74) is 2.43. The number of aliphatic hydroxyl groups excluding tert-OH is 1. The van der Waals surface area contributed by atoms with Crippen LogP contribution < -0.4 is 5.32 Å². The third kappa shape index (κ3) is 5.05. The molecule has 6 nitrogen and oxygen atoms in total. The monoisotopic (exact) mass is 634 g/mol. The quantitative estimate of drug-likeness (QED) is 0.309. The van der Waals surface area contributed by atoms with Crippen LogP contribution in [0.1, 0.15) is 132 Å². The molecular weight excluding hydrogens is 572 g/mol. The Morgan fingerprint density at radius 3 is 2.37 bits per heavy atom. The zero-order valence-electron chi connectivity index (χ0n) is 30.3. The fraction of sp³-hybridized carbons (Fsp3) is 0.800. The van der Waals surface area contributed by atoms with Gasteiger partial charge in [-0.25, -0.2) is 0 Å². The lowest BCUT2D eigenvalue weighted by Gasteiger charge is -2.71. The second-order valence-corrected chi connectivity index (χ2v) is 18.8. The van der Waals surface area contributed by atoms with Crippen molar-refractivity contribution < 1.29 is 19.1 Å². The maximum atomic E-state index is 15.2. The van der Waals surface area contributed by atoms with Gasteiger partial charge in [-0.2, -0.15) is 0 Å². The second kappa shape index (κ2) is 11.2. The Kier molecular flexibility index (Phi) is 8.26. The largest absolute Gasteiger partial charge is 0.472 e. The lowest BCUT2D eigenvalue weighted by Crippen LogP contribution is -2.65. The maximum Gasteiger partial charge on any atom is 0.239 e. The van der Waals surface area contributed by atoms with Gasteiger partial charge in [0, 0.05) is 18.2 Å². The molecule has 1 aromatic rings. The fourth-order valence-electron chi connectivity index (χ4n) is 12.3. The molecule has 4 saturated carbocycles. The highest BCUT2D eigenvalue weighted by Crippen LogP contribution is 2.75. The van der Waals surface area contributed by atoms with E-state index >= 15 is 4.79 Å². The van der Waals surface area contributed by atoms with Crippen LogP contribution in [0.5, 0.6) is 0 Å². The van der Waals surface area contributed by atoms with Gasteiger partial charge in [-0.1, -0.05) is 60.1 Å². The minimum Gasteiger partial charge on any atom is -0.472 e. The van der Waals surface area contributed by atoms with E-state index in [-0.39, 0.29) is 63.5 Å². The van der Waals surface area contributed by atoms with E-state index in [1.165, 1.54) is 12.8 Å². The standard InChI is InChI=1S/C40H62N2O4/c1-26(2)41-33(44)24-42(23-27-14-21-46-25-27)34(45)40-19-17-35(3,4)22-29(40)28-10-11-31-37(7)15-13-32(43)36(5,6)30(37)12-16-39(31,9)38(28,8)18-20-40/h10,14,21,25-26,29-32,43H,11-13,15-20,22-24H2,1-9H3,(H,41,44)/t29-,30-,31+,32-,37-,38+,39+,40-/m0/s1. The number of nitrogens with one attached hydrogen (secondary N) is 1.